The number of hydrogen-bond acceptors (Lipinski definition) is 2. The van der Waals surface area contributed by atoms with Gasteiger partial charge in [-0.25, -0.2) is 0 Å². The van der Waals surface area contributed by atoms with Gasteiger partial charge < -0.3 is 5.73 Å². The molecule has 3 heteroatoms. The molecule has 0 aliphatic rings. The summed E-state index contributed by atoms with van der Waals surface area (Å²) in [5.74, 6) is 3.05. The van der Waals surface area contributed by atoms with E-state index in [1.54, 1.807) is 0 Å². The van der Waals surface area contributed by atoms with Crippen molar-refractivity contribution >= 4 is 23.4 Å². The van der Waals surface area contributed by atoms with Crippen molar-refractivity contribution in [2.24, 2.45) is 11.7 Å². The van der Waals surface area contributed by atoms with Crippen LogP contribution in [0.3, 0.4) is 0 Å². The zero-order valence-electron chi connectivity index (χ0n) is 10.5. The maximum Gasteiger partial charge on any atom is 0.0408 e. The molecule has 0 heterocycles. The molecule has 0 aromatic heterocycles. The van der Waals surface area contributed by atoms with Gasteiger partial charge in [-0.1, -0.05) is 30.7 Å². The molecule has 1 atom stereocenters. The lowest BCUT2D eigenvalue weighted by molar-refractivity contribution is 0.489. The van der Waals surface area contributed by atoms with E-state index in [1.165, 1.54) is 29.9 Å². The molecule has 1 nitrogen and oxygen atoms in total. The summed E-state index contributed by atoms with van der Waals surface area (Å²) in [6.07, 6.45) is 3.53. The van der Waals surface area contributed by atoms with Gasteiger partial charge in [0.15, 0.2) is 0 Å². The van der Waals surface area contributed by atoms with Crippen molar-refractivity contribution in [1.82, 2.24) is 0 Å². The van der Waals surface area contributed by atoms with Gasteiger partial charge in [-0.15, -0.1) is 0 Å². The number of benzene rings is 1. The summed E-state index contributed by atoms with van der Waals surface area (Å²) < 4.78 is 0. The Morgan fingerprint density at radius 3 is 2.88 bits per heavy atom. The highest BCUT2D eigenvalue weighted by Crippen LogP contribution is 2.18. The molecular formula is C14H22ClNS. The molecule has 1 aromatic rings. The Morgan fingerprint density at radius 2 is 2.24 bits per heavy atom. The molecule has 2 N–H and O–H groups in total. The number of thioether (sulfide) groups is 1. The van der Waals surface area contributed by atoms with Gasteiger partial charge in [0.2, 0.25) is 0 Å². The van der Waals surface area contributed by atoms with Crippen molar-refractivity contribution in [3.05, 3.63) is 34.9 Å². The van der Waals surface area contributed by atoms with E-state index < -0.39 is 0 Å². The molecule has 0 radical (unpaired) electrons. The van der Waals surface area contributed by atoms with Crippen LogP contribution in [0.5, 0.6) is 0 Å². The first-order valence-corrected chi connectivity index (χ1v) is 7.81. The maximum absolute atomic E-state index is 5.98. The quantitative estimate of drug-likeness (QED) is 0.724. The summed E-state index contributed by atoms with van der Waals surface area (Å²) in [5.41, 5.74) is 7.14. The lowest BCUT2D eigenvalue weighted by atomic mass is 9.95. The van der Waals surface area contributed by atoms with Crippen LogP contribution in [0.2, 0.25) is 5.02 Å². The van der Waals surface area contributed by atoms with E-state index in [0.717, 1.165) is 18.0 Å². The van der Waals surface area contributed by atoms with Gasteiger partial charge in [0.05, 0.1) is 0 Å². The molecule has 0 fully saturated rings. The van der Waals surface area contributed by atoms with Gasteiger partial charge >= 0.3 is 0 Å². The van der Waals surface area contributed by atoms with E-state index in [1.807, 2.05) is 30.0 Å². The molecule has 96 valence electrons. The van der Waals surface area contributed by atoms with Crippen molar-refractivity contribution in [1.29, 1.82) is 0 Å². The third-order valence-electron chi connectivity index (χ3n) is 2.85. The molecule has 0 amide bonds. The molecule has 17 heavy (non-hydrogen) atoms. The second-order valence-electron chi connectivity index (χ2n) is 4.27. The van der Waals surface area contributed by atoms with Crippen LogP contribution in [-0.4, -0.2) is 18.1 Å². The van der Waals surface area contributed by atoms with Gasteiger partial charge in [0.1, 0.15) is 0 Å². The van der Waals surface area contributed by atoms with Gasteiger partial charge in [-0.05, 0) is 60.9 Å². The molecule has 0 aliphatic heterocycles. The van der Waals surface area contributed by atoms with Crippen LogP contribution in [0.4, 0.5) is 0 Å². The number of nitrogens with two attached hydrogens (primary N) is 1. The standard InChI is InChI=1S/C14H22ClNS/c1-2-17-8-4-6-13(11-16)9-12-5-3-7-14(15)10-12/h3,5,7,10,13H,2,4,6,8-9,11,16H2,1H3. The third kappa shape index (κ3) is 6.35. The Hall–Kier alpha value is -0.180. The highest BCUT2D eigenvalue weighted by atomic mass is 35.5. The Balaban J connectivity index is 2.35. The largest absolute Gasteiger partial charge is 0.330 e. The van der Waals surface area contributed by atoms with Gasteiger partial charge in [0.25, 0.3) is 0 Å². The summed E-state index contributed by atoms with van der Waals surface area (Å²) in [7, 11) is 0. The summed E-state index contributed by atoms with van der Waals surface area (Å²) >= 11 is 7.99. The first-order valence-electron chi connectivity index (χ1n) is 6.28. The predicted molar refractivity (Wildman–Crippen MR) is 79.9 cm³/mol. The molecule has 0 saturated heterocycles. The maximum atomic E-state index is 5.98. The topological polar surface area (TPSA) is 26.0 Å². The normalized spacial score (nSPS) is 12.6. The Morgan fingerprint density at radius 1 is 1.41 bits per heavy atom. The second-order valence-corrected chi connectivity index (χ2v) is 6.11. The molecule has 0 bridgehead atoms. The highest BCUT2D eigenvalue weighted by molar-refractivity contribution is 7.99. The average molecular weight is 272 g/mol. The van der Waals surface area contributed by atoms with Crippen LogP contribution >= 0.6 is 23.4 Å². The van der Waals surface area contributed by atoms with Crippen LogP contribution in [0, 0.1) is 5.92 Å². The van der Waals surface area contributed by atoms with E-state index in [-0.39, 0.29) is 0 Å². The number of halogens is 1. The molecule has 0 saturated carbocycles. The fraction of sp³-hybridized carbons (Fsp3) is 0.571. The lowest BCUT2D eigenvalue weighted by Crippen LogP contribution is -2.17. The van der Waals surface area contributed by atoms with Gasteiger partial charge in [0, 0.05) is 5.02 Å². The number of rotatable bonds is 8. The Labute approximate surface area is 114 Å². The minimum atomic E-state index is 0.589. The van der Waals surface area contributed by atoms with Crippen molar-refractivity contribution in [3.63, 3.8) is 0 Å². The van der Waals surface area contributed by atoms with Crippen LogP contribution in [0.25, 0.3) is 0 Å². The fourth-order valence-corrected chi connectivity index (χ4v) is 2.79. The third-order valence-corrected chi connectivity index (χ3v) is 4.07. The van der Waals surface area contributed by atoms with Crippen LogP contribution in [0.15, 0.2) is 24.3 Å². The Bertz CT molecular complexity index is 317. The van der Waals surface area contributed by atoms with E-state index in [4.69, 9.17) is 17.3 Å². The lowest BCUT2D eigenvalue weighted by Gasteiger charge is -2.14. The summed E-state index contributed by atoms with van der Waals surface area (Å²) in [6, 6.07) is 8.11. The molecule has 1 aromatic carbocycles. The summed E-state index contributed by atoms with van der Waals surface area (Å²) in [6.45, 7) is 2.97. The second kappa shape index (κ2) is 8.84. The minimum absolute atomic E-state index is 0.589. The van der Waals surface area contributed by atoms with Crippen LogP contribution < -0.4 is 5.73 Å². The van der Waals surface area contributed by atoms with Crippen molar-refractivity contribution in [2.45, 2.75) is 26.2 Å². The molecular weight excluding hydrogens is 250 g/mol. The van der Waals surface area contributed by atoms with Crippen LogP contribution in [-0.2, 0) is 6.42 Å². The smallest absolute Gasteiger partial charge is 0.0408 e. The van der Waals surface area contributed by atoms with E-state index in [0.29, 0.717) is 5.92 Å². The average Bonchev–Trinajstić information content (AvgIpc) is 2.33. The predicted octanol–water partition coefficient (Wildman–Crippen LogP) is 3.99. The fourth-order valence-electron chi connectivity index (χ4n) is 1.92. The summed E-state index contributed by atoms with van der Waals surface area (Å²) in [4.78, 5) is 0. The van der Waals surface area contributed by atoms with E-state index >= 15 is 0 Å². The molecule has 0 aliphatic carbocycles. The van der Waals surface area contributed by atoms with Gasteiger partial charge in [-0.3, -0.25) is 0 Å². The molecule has 1 rings (SSSR count). The van der Waals surface area contributed by atoms with Crippen molar-refractivity contribution < 1.29 is 0 Å². The monoisotopic (exact) mass is 271 g/mol. The Kier molecular flexibility index (Phi) is 7.74. The van der Waals surface area contributed by atoms with Gasteiger partial charge in [-0.2, -0.15) is 11.8 Å². The first-order chi connectivity index (χ1) is 8.26. The highest BCUT2D eigenvalue weighted by Gasteiger charge is 2.07. The SMILES string of the molecule is CCSCCCC(CN)Cc1cccc(Cl)c1. The van der Waals surface area contributed by atoms with Crippen LogP contribution in [0.1, 0.15) is 25.3 Å². The van der Waals surface area contributed by atoms with E-state index in [9.17, 15) is 0 Å². The first kappa shape index (κ1) is 14.9. The van der Waals surface area contributed by atoms with Crippen molar-refractivity contribution in [3.8, 4) is 0 Å². The number of hydrogen-bond donors (Lipinski definition) is 1. The van der Waals surface area contributed by atoms with E-state index in [2.05, 4.69) is 13.0 Å². The molecule has 0 spiro atoms. The molecule has 1 unspecified atom stereocenters. The van der Waals surface area contributed by atoms with Crippen molar-refractivity contribution in [2.75, 3.05) is 18.1 Å². The zero-order chi connectivity index (χ0) is 12.5. The zero-order valence-corrected chi connectivity index (χ0v) is 12.1. The summed E-state index contributed by atoms with van der Waals surface area (Å²) in [5, 5.41) is 0.819. The minimum Gasteiger partial charge on any atom is -0.330 e.